The first kappa shape index (κ1) is 11.1. The summed E-state index contributed by atoms with van der Waals surface area (Å²) < 4.78 is 13.3. The van der Waals surface area contributed by atoms with E-state index in [1.54, 1.807) is 6.07 Å². The first-order chi connectivity index (χ1) is 8.16. The SMILES string of the molecule is O=C(Nc1ccccc1F)c1cncc(O)c1. The number of halogens is 1. The van der Waals surface area contributed by atoms with Gasteiger partial charge in [0.2, 0.25) is 0 Å². The van der Waals surface area contributed by atoms with Gasteiger partial charge in [-0.2, -0.15) is 0 Å². The molecule has 86 valence electrons. The predicted octanol–water partition coefficient (Wildman–Crippen LogP) is 2.18. The first-order valence-electron chi connectivity index (χ1n) is 4.87. The lowest BCUT2D eigenvalue weighted by atomic mass is 10.2. The van der Waals surface area contributed by atoms with Gasteiger partial charge in [-0.25, -0.2) is 4.39 Å². The highest BCUT2D eigenvalue weighted by Gasteiger charge is 2.09. The number of hydrogen-bond donors (Lipinski definition) is 2. The number of aromatic nitrogens is 1. The molecule has 1 aromatic carbocycles. The van der Waals surface area contributed by atoms with Gasteiger partial charge in [-0.3, -0.25) is 9.78 Å². The number of nitrogens with zero attached hydrogens (tertiary/aromatic N) is 1. The summed E-state index contributed by atoms with van der Waals surface area (Å²) in [5.74, 6) is -1.17. The lowest BCUT2D eigenvalue weighted by Crippen LogP contribution is -2.13. The van der Waals surface area contributed by atoms with Crippen LogP contribution in [0.5, 0.6) is 5.75 Å². The fraction of sp³-hybridized carbons (Fsp3) is 0. The fourth-order valence-electron chi connectivity index (χ4n) is 1.31. The van der Waals surface area contributed by atoms with E-state index in [-0.39, 0.29) is 17.0 Å². The minimum absolute atomic E-state index is 0.0841. The summed E-state index contributed by atoms with van der Waals surface area (Å²) in [5.41, 5.74) is 0.245. The van der Waals surface area contributed by atoms with E-state index in [0.717, 1.165) is 0 Å². The molecule has 0 aliphatic heterocycles. The van der Waals surface area contributed by atoms with Crippen LogP contribution in [0.25, 0.3) is 0 Å². The van der Waals surface area contributed by atoms with Crippen LogP contribution >= 0.6 is 0 Å². The van der Waals surface area contributed by atoms with Crippen LogP contribution in [-0.4, -0.2) is 16.0 Å². The van der Waals surface area contributed by atoms with Crippen LogP contribution in [0.2, 0.25) is 0 Å². The van der Waals surface area contributed by atoms with E-state index < -0.39 is 11.7 Å². The zero-order chi connectivity index (χ0) is 12.3. The van der Waals surface area contributed by atoms with Crippen LogP contribution in [0.4, 0.5) is 10.1 Å². The van der Waals surface area contributed by atoms with Gasteiger partial charge in [0.05, 0.1) is 17.4 Å². The molecule has 0 unspecified atom stereocenters. The minimum atomic E-state index is -0.529. The predicted molar refractivity (Wildman–Crippen MR) is 60.3 cm³/mol. The summed E-state index contributed by atoms with van der Waals surface area (Å²) in [5, 5.41) is 11.6. The molecule has 0 saturated carbocycles. The van der Waals surface area contributed by atoms with Gasteiger partial charge in [0.15, 0.2) is 0 Å². The molecule has 0 atom stereocenters. The van der Waals surface area contributed by atoms with E-state index >= 15 is 0 Å². The van der Waals surface area contributed by atoms with Crippen LogP contribution in [0.15, 0.2) is 42.7 Å². The van der Waals surface area contributed by atoms with E-state index in [1.165, 1.54) is 36.7 Å². The molecule has 1 aromatic heterocycles. The van der Waals surface area contributed by atoms with Crippen molar-refractivity contribution in [3.8, 4) is 5.75 Å². The highest BCUT2D eigenvalue weighted by atomic mass is 19.1. The van der Waals surface area contributed by atoms with Crippen molar-refractivity contribution in [1.82, 2.24) is 4.98 Å². The molecule has 1 amide bonds. The summed E-state index contributed by atoms with van der Waals surface area (Å²) in [6.45, 7) is 0. The van der Waals surface area contributed by atoms with Crippen LogP contribution in [0.1, 0.15) is 10.4 Å². The Morgan fingerprint density at radius 2 is 2.06 bits per heavy atom. The minimum Gasteiger partial charge on any atom is -0.506 e. The van der Waals surface area contributed by atoms with Crippen LogP contribution < -0.4 is 5.32 Å². The van der Waals surface area contributed by atoms with Gasteiger partial charge >= 0.3 is 0 Å². The Hall–Kier alpha value is -2.43. The second-order valence-electron chi connectivity index (χ2n) is 3.37. The maximum absolute atomic E-state index is 13.3. The molecule has 0 aliphatic rings. The van der Waals surface area contributed by atoms with E-state index in [4.69, 9.17) is 5.11 Å². The summed E-state index contributed by atoms with van der Waals surface area (Å²) >= 11 is 0. The number of amides is 1. The van der Waals surface area contributed by atoms with E-state index in [1.807, 2.05) is 0 Å². The molecule has 0 radical (unpaired) electrons. The fourth-order valence-corrected chi connectivity index (χ4v) is 1.31. The summed E-state index contributed by atoms with van der Waals surface area (Å²) in [6.07, 6.45) is 2.50. The third kappa shape index (κ3) is 2.57. The normalized spacial score (nSPS) is 9.94. The van der Waals surface area contributed by atoms with Gasteiger partial charge in [-0.05, 0) is 18.2 Å². The molecule has 0 spiro atoms. The maximum Gasteiger partial charge on any atom is 0.257 e. The Morgan fingerprint density at radius 3 is 2.76 bits per heavy atom. The van der Waals surface area contributed by atoms with Crippen molar-refractivity contribution in [2.45, 2.75) is 0 Å². The largest absolute Gasteiger partial charge is 0.506 e. The van der Waals surface area contributed by atoms with Gasteiger partial charge in [-0.1, -0.05) is 12.1 Å². The number of para-hydroxylation sites is 1. The number of carbonyl (C=O) groups is 1. The standard InChI is InChI=1S/C12H9FN2O2/c13-10-3-1-2-4-11(10)15-12(17)8-5-9(16)7-14-6-8/h1-7,16H,(H,15,17). The highest BCUT2D eigenvalue weighted by Crippen LogP contribution is 2.15. The van der Waals surface area contributed by atoms with Crippen molar-refractivity contribution >= 4 is 11.6 Å². The van der Waals surface area contributed by atoms with Crippen LogP contribution in [0, 0.1) is 5.82 Å². The van der Waals surface area contributed by atoms with E-state index in [2.05, 4.69) is 10.3 Å². The lowest BCUT2D eigenvalue weighted by Gasteiger charge is -2.05. The topological polar surface area (TPSA) is 62.2 Å². The molecule has 0 fully saturated rings. The summed E-state index contributed by atoms with van der Waals surface area (Å²) in [4.78, 5) is 15.4. The molecular weight excluding hydrogens is 223 g/mol. The van der Waals surface area contributed by atoms with Crippen LogP contribution in [0.3, 0.4) is 0 Å². The summed E-state index contributed by atoms with van der Waals surface area (Å²) in [7, 11) is 0. The number of carbonyl (C=O) groups excluding carboxylic acids is 1. The smallest absolute Gasteiger partial charge is 0.257 e. The van der Waals surface area contributed by atoms with Gasteiger partial charge in [0, 0.05) is 6.20 Å². The van der Waals surface area contributed by atoms with E-state index in [0.29, 0.717) is 0 Å². The number of anilines is 1. The first-order valence-corrected chi connectivity index (χ1v) is 4.87. The van der Waals surface area contributed by atoms with Crippen molar-refractivity contribution < 1.29 is 14.3 Å². The lowest BCUT2D eigenvalue weighted by molar-refractivity contribution is 0.102. The second-order valence-corrected chi connectivity index (χ2v) is 3.37. The Kier molecular flexibility index (Phi) is 3.00. The molecule has 0 bridgehead atoms. The highest BCUT2D eigenvalue weighted by molar-refractivity contribution is 6.04. The number of hydrogen-bond acceptors (Lipinski definition) is 3. The van der Waals surface area contributed by atoms with Crippen molar-refractivity contribution in [2.24, 2.45) is 0 Å². The van der Waals surface area contributed by atoms with Gasteiger partial charge in [0.1, 0.15) is 11.6 Å². The van der Waals surface area contributed by atoms with Gasteiger partial charge in [-0.15, -0.1) is 0 Å². The average molecular weight is 232 g/mol. The van der Waals surface area contributed by atoms with Crippen molar-refractivity contribution in [3.63, 3.8) is 0 Å². The number of aromatic hydroxyl groups is 1. The third-order valence-electron chi connectivity index (χ3n) is 2.11. The van der Waals surface area contributed by atoms with Crippen molar-refractivity contribution in [3.05, 3.63) is 54.1 Å². The third-order valence-corrected chi connectivity index (χ3v) is 2.11. The molecule has 4 nitrogen and oxygen atoms in total. The van der Waals surface area contributed by atoms with Crippen molar-refractivity contribution in [2.75, 3.05) is 5.32 Å². The Morgan fingerprint density at radius 1 is 1.29 bits per heavy atom. The number of benzene rings is 1. The molecule has 2 N–H and O–H groups in total. The zero-order valence-electron chi connectivity index (χ0n) is 8.72. The molecule has 0 aliphatic carbocycles. The summed E-state index contributed by atoms with van der Waals surface area (Å²) in [6, 6.07) is 7.09. The molecule has 2 aromatic rings. The quantitative estimate of drug-likeness (QED) is 0.834. The van der Waals surface area contributed by atoms with Crippen molar-refractivity contribution in [1.29, 1.82) is 0 Å². The molecule has 17 heavy (non-hydrogen) atoms. The van der Waals surface area contributed by atoms with Gasteiger partial charge < -0.3 is 10.4 Å². The van der Waals surface area contributed by atoms with Crippen LogP contribution in [-0.2, 0) is 0 Å². The van der Waals surface area contributed by atoms with Gasteiger partial charge in [0.25, 0.3) is 5.91 Å². The number of pyridine rings is 1. The Labute approximate surface area is 96.7 Å². The molecular formula is C12H9FN2O2. The maximum atomic E-state index is 13.3. The monoisotopic (exact) mass is 232 g/mol. The second kappa shape index (κ2) is 4.61. The number of rotatable bonds is 2. The molecule has 5 heteroatoms. The molecule has 1 heterocycles. The van der Waals surface area contributed by atoms with E-state index in [9.17, 15) is 9.18 Å². The molecule has 2 rings (SSSR count). The average Bonchev–Trinajstić information content (AvgIpc) is 2.32. The number of nitrogens with one attached hydrogen (secondary N) is 1. The Balaban J connectivity index is 2.20. The zero-order valence-corrected chi connectivity index (χ0v) is 8.72. The molecule has 0 saturated heterocycles. The Bertz CT molecular complexity index is 558.